The molecule has 1 amide bonds. The van der Waals surface area contributed by atoms with Crippen LogP contribution in [0.5, 0.6) is 0 Å². The molecule has 0 saturated carbocycles. The highest BCUT2D eigenvalue weighted by molar-refractivity contribution is 7.89. The summed E-state index contributed by atoms with van der Waals surface area (Å²) in [5.41, 5.74) is -0.0677. The Labute approximate surface area is 153 Å². The van der Waals surface area contributed by atoms with Gasteiger partial charge < -0.3 is 9.73 Å². The number of hydrogen-bond donors (Lipinski definition) is 2. The molecule has 0 aliphatic carbocycles. The number of nitrogens with one attached hydrogen (secondary N) is 2. The van der Waals surface area contributed by atoms with Crippen LogP contribution < -0.4 is 10.0 Å². The lowest BCUT2D eigenvalue weighted by atomic mass is 10.2. The molecule has 0 spiro atoms. The summed E-state index contributed by atoms with van der Waals surface area (Å²) in [6, 6.07) is 11.0. The molecule has 3 aromatic rings. The van der Waals surface area contributed by atoms with Gasteiger partial charge in [-0.3, -0.25) is 4.79 Å². The van der Waals surface area contributed by atoms with Crippen LogP contribution in [0.25, 0.3) is 0 Å². The summed E-state index contributed by atoms with van der Waals surface area (Å²) in [6.07, 6.45) is 1.40. The second-order valence-corrected chi connectivity index (χ2v) is 7.27. The normalized spacial score (nSPS) is 11.3. The van der Waals surface area contributed by atoms with Gasteiger partial charge >= 0.3 is 0 Å². The molecular weight excluding hydrogens is 378 g/mol. The predicted octanol–water partition coefficient (Wildman–Crippen LogP) is 3.29. The minimum absolute atomic E-state index is 0.0833. The van der Waals surface area contributed by atoms with Crippen molar-refractivity contribution in [1.82, 2.24) is 4.72 Å². The highest BCUT2D eigenvalue weighted by Crippen LogP contribution is 2.20. The van der Waals surface area contributed by atoms with Crippen molar-refractivity contribution in [3.8, 4) is 0 Å². The van der Waals surface area contributed by atoms with Crippen molar-refractivity contribution in [2.45, 2.75) is 11.4 Å². The molecule has 1 aromatic heterocycles. The van der Waals surface area contributed by atoms with Crippen molar-refractivity contribution >= 4 is 21.6 Å². The van der Waals surface area contributed by atoms with E-state index in [9.17, 15) is 22.0 Å². The molecule has 2 N–H and O–H groups in total. The number of benzene rings is 2. The van der Waals surface area contributed by atoms with Gasteiger partial charge in [0, 0.05) is 5.56 Å². The molecule has 3 rings (SSSR count). The quantitative estimate of drug-likeness (QED) is 0.674. The number of sulfonamides is 1. The molecule has 27 heavy (non-hydrogen) atoms. The van der Waals surface area contributed by atoms with E-state index in [1.807, 2.05) is 0 Å². The van der Waals surface area contributed by atoms with Gasteiger partial charge in [-0.1, -0.05) is 0 Å². The van der Waals surface area contributed by atoms with Crippen molar-refractivity contribution in [2.24, 2.45) is 0 Å². The Morgan fingerprint density at radius 3 is 2.41 bits per heavy atom. The summed E-state index contributed by atoms with van der Waals surface area (Å²) in [5, 5.41) is 2.31. The van der Waals surface area contributed by atoms with Gasteiger partial charge in [-0.2, -0.15) is 0 Å². The minimum atomic E-state index is -3.97. The highest BCUT2D eigenvalue weighted by Gasteiger charge is 2.18. The number of furan rings is 1. The highest BCUT2D eigenvalue weighted by atomic mass is 32.2. The molecule has 0 saturated heterocycles. The fraction of sp³-hybridized carbons (Fsp3) is 0.0556. The fourth-order valence-corrected chi connectivity index (χ4v) is 3.23. The third-order valence-electron chi connectivity index (χ3n) is 3.62. The lowest BCUT2D eigenvalue weighted by molar-refractivity contribution is 0.102. The Kier molecular flexibility index (Phi) is 5.33. The Bertz CT molecular complexity index is 1050. The molecule has 0 bridgehead atoms. The summed E-state index contributed by atoms with van der Waals surface area (Å²) in [4.78, 5) is 11.8. The van der Waals surface area contributed by atoms with Crippen LogP contribution in [0.2, 0.25) is 0 Å². The van der Waals surface area contributed by atoms with Crippen LogP contribution in [-0.2, 0) is 16.6 Å². The maximum absolute atomic E-state index is 14.2. The molecule has 2 aromatic carbocycles. The Morgan fingerprint density at radius 2 is 1.78 bits per heavy atom. The Hall–Kier alpha value is -3.04. The van der Waals surface area contributed by atoms with E-state index in [1.165, 1.54) is 18.4 Å². The number of rotatable bonds is 6. The minimum Gasteiger partial charge on any atom is -0.468 e. The summed E-state index contributed by atoms with van der Waals surface area (Å²) < 4.78 is 58.9. The smallest absolute Gasteiger partial charge is 0.255 e. The van der Waals surface area contributed by atoms with E-state index in [1.54, 1.807) is 12.1 Å². The average Bonchev–Trinajstić information content (AvgIpc) is 3.16. The molecule has 6 nitrogen and oxygen atoms in total. The van der Waals surface area contributed by atoms with Gasteiger partial charge in [-0.25, -0.2) is 21.9 Å². The van der Waals surface area contributed by atoms with E-state index in [0.717, 1.165) is 30.3 Å². The first-order valence-electron chi connectivity index (χ1n) is 7.74. The zero-order chi connectivity index (χ0) is 19.4. The second-order valence-electron chi connectivity index (χ2n) is 5.51. The van der Waals surface area contributed by atoms with Gasteiger partial charge in [0.2, 0.25) is 10.0 Å². The van der Waals surface area contributed by atoms with E-state index < -0.39 is 27.6 Å². The first kappa shape index (κ1) is 18.7. The topological polar surface area (TPSA) is 88.4 Å². The fourth-order valence-electron chi connectivity index (χ4n) is 2.22. The summed E-state index contributed by atoms with van der Waals surface area (Å²) in [5.74, 6) is -1.68. The SMILES string of the molecule is O=C(Nc1ccc(S(=O)(=O)NCc2ccco2)cc1F)c1ccc(F)cc1. The largest absolute Gasteiger partial charge is 0.468 e. The molecule has 140 valence electrons. The van der Waals surface area contributed by atoms with Crippen LogP contribution in [-0.4, -0.2) is 14.3 Å². The van der Waals surface area contributed by atoms with Gasteiger partial charge in [0.1, 0.15) is 17.4 Å². The van der Waals surface area contributed by atoms with E-state index in [-0.39, 0.29) is 22.7 Å². The molecule has 0 atom stereocenters. The molecule has 0 radical (unpaired) electrons. The van der Waals surface area contributed by atoms with Crippen LogP contribution in [0.4, 0.5) is 14.5 Å². The summed E-state index contributed by atoms with van der Waals surface area (Å²) >= 11 is 0. The van der Waals surface area contributed by atoms with Crippen molar-refractivity contribution < 1.29 is 26.4 Å². The van der Waals surface area contributed by atoms with Gasteiger partial charge in [0.25, 0.3) is 5.91 Å². The molecule has 0 unspecified atom stereocenters. The van der Waals surface area contributed by atoms with Gasteiger partial charge in [0.15, 0.2) is 0 Å². The summed E-state index contributed by atoms with van der Waals surface area (Å²) in [7, 11) is -3.97. The van der Waals surface area contributed by atoms with E-state index >= 15 is 0 Å². The maximum atomic E-state index is 14.2. The zero-order valence-electron chi connectivity index (χ0n) is 13.8. The number of anilines is 1. The van der Waals surface area contributed by atoms with E-state index in [2.05, 4.69) is 10.0 Å². The number of hydrogen-bond acceptors (Lipinski definition) is 4. The van der Waals surface area contributed by atoms with Crippen LogP contribution >= 0.6 is 0 Å². The molecule has 9 heteroatoms. The number of amides is 1. The maximum Gasteiger partial charge on any atom is 0.255 e. The first-order valence-corrected chi connectivity index (χ1v) is 9.22. The molecular formula is C18H14F2N2O4S. The monoisotopic (exact) mass is 392 g/mol. The average molecular weight is 392 g/mol. The van der Waals surface area contributed by atoms with Gasteiger partial charge in [-0.15, -0.1) is 0 Å². The lowest BCUT2D eigenvalue weighted by Crippen LogP contribution is -2.23. The zero-order valence-corrected chi connectivity index (χ0v) is 14.6. The molecule has 1 heterocycles. The van der Waals surface area contributed by atoms with Crippen molar-refractivity contribution in [3.63, 3.8) is 0 Å². The number of halogens is 2. The van der Waals surface area contributed by atoms with Gasteiger partial charge in [0.05, 0.1) is 23.4 Å². The first-order chi connectivity index (χ1) is 12.8. The van der Waals surface area contributed by atoms with Crippen LogP contribution in [0.1, 0.15) is 16.1 Å². The Morgan fingerprint density at radius 1 is 1.04 bits per heavy atom. The van der Waals surface area contributed by atoms with E-state index in [0.29, 0.717) is 5.76 Å². The van der Waals surface area contributed by atoms with Crippen LogP contribution in [0.3, 0.4) is 0 Å². The third-order valence-corrected chi connectivity index (χ3v) is 5.02. The standard InChI is InChI=1S/C18H14F2N2O4S/c19-13-5-3-12(4-6-13)18(23)22-17-8-7-15(10-16(17)20)27(24,25)21-11-14-2-1-9-26-14/h1-10,21H,11H2,(H,22,23). The second kappa shape index (κ2) is 7.68. The van der Waals surface area contributed by atoms with Crippen LogP contribution in [0, 0.1) is 11.6 Å². The molecule has 0 aliphatic rings. The van der Waals surface area contributed by atoms with Gasteiger partial charge in [-0.05, 0) is 54.6 Å². The predicted molar refractivity (Wildman–Crippen MR) is 93.5 cm³/mol. The molecule has 0 aliphatic heterocycles. The Balaban J connectivity index is 1.72. The lowest BCUT2D eigenvalue weighted by Gasteiger charge is -2.09. The van der Waals surface area contributed by atoms with Crippen LogP contribution in [0.15, 0.2) is 70.2 Å². The number of carbonyl (C=O) groups is 1. The van der Waals surface area contributed by atoms with Crippen molar-refractivity contribution in [1.29, 1.82) is 0 Å². The number of carbonyl (C=O) groups excluding carboxylic acids is 1. The summed E-state index contributed by atoms with van der Waals surface area (Å²) in [6.45, 7) is -0.0833. The van der Waals surface area contributed by atoms with E-state index in [4.69, 9.17) is 4.42 Å². The third kappa shape index (κ3) is 4.57. The van der Waals surface area contributed by atoms with Crippen molar-refractivity contribution in [3.05, 3.63) is 83.8 Å². The van der Waals surface area contributed by atoms with Crippen molar-refractivity contribution in [2.75, 3.05) is 5.32 Å². The molecule has 0 fully saturated rings.